The van der Waals surface area contributed by atoms with E-state index >= 15 is 0 Å². The van der Waals surface area contributed by atoms with Crippen molar-refractivity contribution in [3.8, 4) is 0 Å². The number of benzene rings is 1. The van der Waals surface area contributed by atoms with Crippen LogP contribution in [0.5, 0.6) is 0 Å². The van der Waals surface area contributed by atoms with Crippen LogP contribution in [0.15, 0.2) is 36.8 Å². The largest absolute Gasteiger partial charge is 0.377 e. The Balaban J connectivity index is 1.50. The van der Waals surface area contributed by atoms with E-state index in [0.717, 1.165) is 24.1 Å². The lowest BCUT2D eigenvalue weighted by Gasteiger charge is -2.35. The molecule has 1 aromatic carbocycles. The van der Waals surface area contributed by atoms with Crippen LogP contribution in [0.25, 0.3) is 11.0 Å². The van der Waals surface area contributed by atoms with E-state index in [1.807, 2.05) is 4.90 Å². The number of rotatable bonds is 4. The molecule has 3 aromatic rings. The Bertz CT molecular complexity index is 866. The Morgan fingerprint density at radius 1 is 1.28 bits per heavy atom. The molecule has 4 rings (SSSR count). The summed E-state index contributed by atoms with van der Waals surface area (Å²) in [6, 6.07) is 5.40. The summed E-state index contributed by atoms with van der Waals surface area (Å²) >= 11 is 0. The molecule has 1 amide bonds. The molecule has 1 N–H and O–H groups in total. The number of ether oxygens (including phenoxy) is 1. The number of fused-ring (bicyclic) bond motifs is 1. The van der Waals surface area contributed by atoms with Gasteiger partial charge in [0, 0.05) is 30.7 Å². The number of amides is 1. The summed E-state index contributed by atoms with van der Waals surface area (Å²) < 4.78 is 5.59. The van der Waals surface area contributed by atoms with Crippen molar-refractivity contribution >= 4 is 16.9 Å². The Morgan fingerprint density at radius 3 is 3.08 bits per heavy atom. The molecule has 8 nitrogen and oxygen atoms in total. The molecule has 3 heterocycles. The number of hydrogen-bond acceptors (Lipinski definition) is 6. The summed E-state index contributed by atoms with van der Waals surface area (Å²) in [5, 5.41) is 10.6. The fourth-order valence-corrected chi connectivity index (χ4v) is 3.07. The molecule has 1 fully saturated rings. The molecule has 1 aliphatic rings. The SMILES string of the molecule is O=C(c1ccc2n[nH]nc2c1)N1CCOC[C@@H]1CCc1cnccn1. The minimum Gasteiger partial charge on any atom is -0.377 e. The van der Waals surface area contributed by atoms with Gasteiger partial charge in [-0.15, -0.1) is 0 Å². The first-order chi connectivity index (χ1) is 12.3. The predicted molar refractivity (Wildman–Crippen MR) is 89.9 cm³/mol. The highest BCUT2D eigenvalue weighted by Crippen LogP contribution is 2.18. The molecule has 0 saturated carbocycles. The van der Waals surface area contributed by atoms with Gasteiger partial charge in [-0.3, -0.25) is 14.8 Å². The van der Waals surface area contributed by atoms with Gasteiger partial charge in [-0.1, -0.05) is 0 Å². The highest BCUT2D eigenvalue weighted by molar-refractivity contribution is 5.97. The van der Waals surface area contributed by atoms with Crippen molar-refractivity contribution in [1.82, 2.24) is 30.3 Å². The van der Waals surface area contributed by atoms with Gasteiger partial charge in [-0.2, -0.15) is 15.4 Å². The number of nitrogens with zero attached hydrogens (tertiary/aromatic N) is 5. The van der Waals surface area contributed by atoms with Crippen LogP contribution in [0.1, 0.15) is 22.5 Å². The second-order valence-corrected chi connectivity index (χ2v) is 5.99. The first kappa shape index (κ1) is 15.6. The number of carbonyl (C=O) groups is 1. The van der Waals surface area contributed by atoms with Crippen molar-refractivity contribution in [1.29, 1.82) is 0 Å². The molecule has 0 bridgehead atoms. The van der Waals surface area contributed by atoms with Crippen molar-refractivity contribution in [2.75, 3.05) is 19.8 Å². The van der Waals surface area contributed by atoms with Crippen molar-refractivity contribution < 1.29 is 9.53 Å². The predicted octanol–water partition coefficient (Wildman–Crippen LogP) is 1.22. The van der Waals surface area contributed by atoms with Crippen LogP contribution in [0, 0.1) is 0 Å². The first-order valence-corrected chi connectivity index (χ1v) is 8.25. The highest BCUT2D eigenvalue weighted by Gasteiger charge is 2.28. The molecule has 128 valence electrons. The van der Waals surface area contributed by atoms with Crippen LogP contribution in [-0.4, -0.2) is 62.0 Å². The Morgan fingerprint density at radius 2 is 2.20 bits per heavy atom. The highest BCUT2D eigenvalue weighted by atomic mass is 16.5. The molecule has 0 radical (unpaired) electrons. The normalized spacial score (nSPS) is 17.8. The first-order valence-electron chi connectivity index (χ1n) is 8.25. The van der Waals surface area contributed by atoms with Crippen LogP contribution in [0.2, 0.25) is 0 Å². The summed E-state index contributed by atoms with van der Waals surface area (Å²) in [5.74, 6) is -0.00246. The zero-order chi connectivity index (χ0) is 17.1. The van der Waals surface area contributed by atoms with E-state index < -0.39 is 0 Å². The van der Waals surface area contributed by atoms with E-state index in [-0.39, 0.29) is 11.9 Å². The number of hydrogen-bond donors (Lipinski definition) is 1. The quantitative estimate of drug-likeness (QED) is 0.768. The second-order valence-electron chi connectivity index (χ2n) is 5.99. The molecule has 0 aliphatic carbocycles. The van der Waals surface area contributed by atoms with Gasteiger partial charge in [0.1, 0.15) is 11.0 Å². The molecule has 25 heavy (non-hydrogen) atoms. The van der Waals surface area contributed by atoms with Crippen LogP contribution in [-0.2, 0) is 11.2 Å². The standard InChI is InChI=1S/C17H18N6O2/c24-17(12-1-4-15-16(9-12)21-22-20-15)23-7-8-25-11-14(23)3-2-13-10-18-5-6-19-13/h1,4-6,9-10,14H,2-3,7-8,11H2,(H,20,21,22)/t14-/m0/s1. The lowest BCUT2D eigenvalue weighted by Crippen LogP contribution is -2.48. The maximum atomic E-state index is 13.0. The van der Waals surface area contributed by atoms with E-state index in [1.165, 1.54) is 0 Å². The number of aryl methyl sites for hydroxylation is 1. The molecule has 1 aliphatic heterocycles. The maximum Gasteiger partial charge on any atom is 0.254 e. The third-order valence-electron chi connectivity index (χ3n) is 4.40. The van der Waals surface area contributed by atoms with Crippen LogP contribution >= 0.6 is 0 Å². The molecule has 0 unspecified atom stereocenters. The summed E-state index contributed by atoms with van der Waals surface area (Å²) in [7, 11) is 0. The Hall–Kier alpha value is -2.87. The van der Waals surface area contributed by atoms with Crippen molar-refractivity contribution in [3.05, 3.63) is 48.0 Å². The van der Waals surface area contributed by atoms with Crippen LogP contribution < -0.4 is 0 Å². The van der Waals surface area contributed by atoms with Gasteiger partial charge in [0.2, 0.25) is 0 Å². The van der Waals surface area contributed by atoms with Crippen LogP contribution in [0.3, 0.4) is 0 Å². The van der Waals surface area contributed by atoms with Gasteiger partial charge in [-0.05, 0) is 31.0 Å². The van der Waals surface area contributed by atoms with Crippen LogP contribution in [0.4, 0.5) is 0 Å². The lowest BCUT2D eigenvalue weighted by molar-refractivity contribution is -0.00412. The summed E-state index contributed by atoms with van der Waals surface area (Å²) in [6.45, 7) is 1.68. The third kappa shape index (κ3) is 3.34. The molecule has 1 saturated heterocycles. The van der Waals surface area contributed by atoms with Gasteiger partial charge in [0.15, 0.2) is 0 Å². The van der Waals surface area contributed by atoms with Crippen molar-refractivity contribution in [2.45, 2.75) is 18.9 Å². The molecule has 2 aromatic heterocycles. The number of H-pyrrole nitrogens is 1. The van der Waals surface area contributed by atoms with E-state index in [9.17, 15) is 4.79 Å². The lowest BCUT2D eigenvalue weighted by atomic mass is 10.1. The smallest absolute Gasteiger partial charge is 0.254 e. The fourth-order valence-electron chi connectivity index (χ4n) is 3.07. The van der Waals surface area contributed by atoms with Crippen molar-refractivity contribution in [3.63, 3.8) is 0 Å². The van der Waals surface area contributed by atoms with Gasteiger partial charge in [0.25, 0.3) is 5.91 Å². The van der Waals surface area contributed by atoms with E-state index in [0.29, 0.717) is 30.8 Å². The maximum absolute atomic E-state index is 13.0. The minimum absolute atomic E-state index is 0.00246. The minimum atomic E-state index is -0.00246. The zero-order valence-electron chi connectivity index (χ0n) is 13.6. The number of carbonyl (C=O) groups excluding carboxylic acids is 1. The Labute approximate surface area is 144 Å². The van der Waals surface area contributed by atoms with Crippen molar-refractivity contribution in [2.24, 2.45) is 0 Å². The third-order valence-corrected chi connectivity index (χ3v) is 4.40. The molecule has 0 spiro atoms. The fraction of sp³-hybridized carbons (Fsp3) is 0.353. The van der Waals surface area contributed by atoms with E-state index in [1.54, 1.807) is 36.8 Å². The topological polar surface area (TPSA) is 96.9 Å². The number of morpholine rings is 1. The van der Waals surface area contributed by atoms with E-state index in [4.69, 9.17) is 4.74 Å². The summed E-state index contributed by atoms with van der Waals surface area (Å²) in [4.78, 5) is 23.2. The average molecular weight is 338 g/mol. The monoisotopic (exact) mass is 338 g/mol. The van der Waals surface area contributed by atoms with Gasteiger partial charge in [0.05, 0.1) is 24.9 Å². The molecular weight excluding hydrogens is 320 g/mol. The summed E-state index contributed by atoms with van der Waals surface area (Å²) in [5.41, 5.74) is 2.98. The van der Waals surface area contributed by atoms with E-state index in [2.05, 4.69) is 25.4 Å². The average Bonchev–Trinajstić information content (AvgIpc) is 3.14. The van der Waals surface area contributed by atoms with Gasteiger partial charge < -0.3 is 9.64 Å². The number of aromatic amines is 1. The molecular formula is C17H18N6O2. The number of nitrogens with one attached hydrogen (secondary N) is 1. The molecule has 1 atom stereocenters. The second kappa shape index (κ2) is 6.94. The molecule has 8 heteroatoms. The van der Waals surface area contributed by atoms with Gasteiger partial charge in [-0.25, -0.2) is 0 Å². The van der Waals surface area contributed by atoms with Gasteiger partial charge >= 0.3 is 0 Å². The zero-order valence-corrected chi connectivity index (χ0v) is 13.6. The number of aromatic nitrogens is 5. The Kier molecular flexibility index (Phi) is 4.34. The summed E-state index contributed by atoms with van der Waals surface area (Å²) in [6.07, 6.45) is 6.64.